The zero-order chi connectivity index (χ0) is 33.2. The van der Waals surface area contributed by atoms with E-state index in [2.05, 4.69) is 39.0 Å². The molecule has 3 amide bonds. The second-order valence-electron chi connectivity index (χ2n) is 10.9. The number of rotatable bonds is 8. The van der Waals surface area contributed by atoms with Gasteiger partial charge in [0.05, 0.1) is 17.1 Å². The number of aliphatic imine (C=N–C) groups is 1. The van der Waals surface area contributed by atoms with Crippen molar-refractivity contribution in [1.29, 1.82) is 0 Å². The molecule has 0 aliphatic carbocycles. The quantitative estimate of drug-likeness (QED) is 0.214. The summed E-state index contributed by atoms with van der Waals surface area (Å²) in [6.07, 6.45) is -2.74. The van der Waals surface area contributed by atoms with E-state index in [0.29, 0.717) is 40.0 Å². The number of benzene rings is 3. The summed E-state index contributed by atoms with van der Waals surface area (Å²) < 4.78 is 42.8. The molecule has 4 aromatic rings. The molecule has 0 unspecified atom stereocenters. The Bertz CT molecular complexity index is 1790. The van der Waals surface area contributed by atoms with E-state index in [1.165, 1.54) is 51.9 Å². The summed E-state index contributed by atoms with van der Waals surface area (Å²) in [6, 6.07) is 15.9. The molecule has 2 heterocycles. The highest BCUT2D eigenvalue weighted by molar-refractivity contribution is 8.15. The number of alkyl halides is 3. The lowest BCUT2D eigenvalue weighted by atomic mass is 9.99. The maximum atomic E-state index is 13.2. The highest BCUT2D eigenvalue weighted by Crippen LogP contribution is 2.36. The number of urea groups is 1. The molecule has 14 heteroatoms. The van der Waals surface area contributed by atoms with Crippen LogP contribution in [-0.4, -0.2) is 58.1 Å². The maximum absolute atomic E-state index is 13.2. The van der Waals surface area contributed by atoms with Crippen molar-refractivity contribution in [2.24, 2.45) is 4.99 Å². The predicted octanol–water partition coefficient (Wildman–Crippen LogP) is 7.25. The van der Waals surface area contributed by atoms with E-state index in [4.69, 9.17) is 0 Å². The standard InChI is InChI=1S/C32H32F3N7O3S/c1-6-20-15-21(29-36-18-41(39-29)22-8-11-24(12-9-22)45-32(33,34)35)7-14-26(20)37-30(44)38-31-42(28(43)17-46-31)27-16-23(40(4)5)10-13-25(27)19(2)3/h7-16,18-19H,6,17H2,1-5H3,(H,37,44)/b38-31-. The summed E-state index contributed by atoms with van der Waals surface area (Å²) in [5.74, 6) is 0.225. The van der Waals surface area contributed by atoms with Crippen LogP contribution < -0.4 is 19.9 Å². The lowest BCUT2D eigenvalue weighted by Gasteiger charge is -2.24. The van der Waals surface area contributed by atoms with Crippen LogP contribution in [0.4, 0.5) is 35.0 Å². The van der Waals surface area contributed by atoms with Crippen molar-refractivity contribution in [3.8, 4) is 22.8 Å². The fraction of sp³-hybridized carbons (Fsp3) is 0.281. The maximum Gasteiger partial charge on any atom is 0.573 e. The molecule has 1 saturated heterocycles. The average Bonchev–Trinajstić information content (AvgIpc) is 3.63. The summed E-state index contributed by atoms with van der Waals surface area (Å²) in [4.78, 5) is 38.3. The molecule has 1 aromatic heterocycles. The third-order valence-corrected chi connectivity index (χ3v) is 8.09. The summed E-state index contributed by atoms with van der Waals surface area (Å²) in [7, 11) is 3.85. The van der Waals surface area contributed by atoms with Crippen molar-refractivity contribution >= 4 is 45.9 Å². The molecular weight excluding hydrogens is 619 g/mol. The number of halogens is 3. The molecule has 3 aromatic carbocycles. The Morgan fingerprint density at radius 2 is 1.85 bits per heavy atom. The van der Waals surface area contributed by atoms with Crippen molar-refractivity contribution in [3.05, 3.63) is 78.1 Å². The second-order valence-corrected chi connectivity index (χ2v) is 11.9. The summed E-state index contributed by atoms with van der Waals surface area (Å²) in [5.41, 5.74) is 5.15. The number of nitrogens with zero attached hydrogens (tertiary/aromatic N) is 6. The summed E-state index contributed by atoms with van der Waals surface area (Å²) >= 11 is 1.22. The van der Waals surface area contributed by atoms with Gasteiger partial charge in [-0.05, 0) is 78.1 Å². The molecular formula is C32H32F3N7O3S. The van der Waals surface area contributed by atoms with Gasteiger partial charge < -0.3 is 15.0 Å². The smallest absolute Gasteiger partial charge is 0.406 e. The lowest BCUT2D eigenvalue weighted by molar-refractivity contribution is -0.274. The number of aryl methyl sites for hydroxylation is 1. The molecule has 1 aliphatic rings. The number of thioether (sulfide) groups is 1. The van der Waals surface area contributed by atoms with Gasteiger partial charge >= 0.3 is 12.4 Å². The van der Waals surface area contributed by atoms with Crippen LogP contribution in [0.2, 0.25) is 0 Å². The highest BCUT2D eigenvalue weighted by Gasteiger charge is 2.33. The first-order valence-electron chi connectivity index (χ1n) is 14.4. The Hall–Kier alpha value is -4.85. The van der Waals surface area contributed by atoms with Crippen LogP contribution in [0, 0.1) is 0 Å². The fourth-order valence-corrected chi connectivity index (χ4v) is 5.73. The topological polar surface area (TPSA) is 105 Å². The Morgan fingerprint density at radius 3 is 2.50 bits per heavy atom. The molecule has 0 radical (unpaired) electrons. The molecule has 0 atom stereocenters. The van der Waals surface area contributed by atoms with E-state index in [1.807, 2.05) is 50.2 Å². The van der Waals surface area contributed by atoms with E-state index < -0.39 is 12.4 Å². The van der Waals surface area contributed by atoms with Crippen LogP contribution >= 0.6 is 11.8 Å². The van der Waals surface area contributed by atoms with Gasteiger partial charge in [0.15, 0.2) is 11.0 Å². The van der Waals surface area contributed by atoms with E-state index in [-0.39, 0.29) is 23.3 Å². The molecule has 5 rings (SSSR count). The van der Waals surface area contributed by atoms with Gasteiger partial charge in [0.25, 0.3) is 0 Å². The highest BCUT2D eigenvalue weighted by atomic mass is 32.2. The van der Waals surface area contributed by atoms with Gasteiger partial charge in [0.1, 0.15) is 12.1 Å². The van der Waals surface area contributed by atoms with E-state index in [9.17, 15) is 22.8 Å². The van der Waals surface area contributed by atoms with Crippen LogP contribution in [-0.2, 0) is 11.2 Å². The minimum atomic E-state index is -4.78. The minimum Gasteiger partial charge on any atom is -0.406 e. The molecule has 1 aliphatic heterocycles. The number of hydrogen-bond acceptors (Lipinski definition) is 7. The Morgan fingerprint density at radius 1 is 1.11 bits per heavy atom. The minimum absolute atomic E-state index is 0.143. The molecule has 0 spiro atoms. The molecule has 1 fully saturated rings. The third-order valence-electron chi connectivity index (χ3n) is 7.17. The number of carbonyl (C=O) groups is 2. The van der Waals surface area contributed by atoms with Crippen LogP contribution in [0.25, 0.3) is 17.1 Å². The number of hydrogen-bond donors (Lipinski definition) is 1. The Balaban J connectivity index is 1.35. The van der Waals surface area contributed by atoms with Gasteiger partial charge in [0, 0.05) is 31.0 Å². The van der Waals surface area contributed by atoms with E-state index >= 15 is 0 Å². The average molecular weight is 652 g/mol. The van der Waals surface area contributed by atoms with Gasteiger partial charge in [0.2, 0.25) is 5.91 Å². The van der Waals surface area contributed by atoms with Gasteiger partial charge in [-0.25, -0.2) is 14.5 Å². The number of amides is 3. The summed E-state index contributed by atoms with van der Waals surface area (Å²) in [6.45, 7) is 6.04. The van der Waals surface area contributed by atoms with Crippen molar-refractivity contribution in [2.45, 2.75) is 39.5 Å². The van der Waals surface area contributed by atoms with Crippen molar-refractivity contribution in [1.82, 2.24) is 14.8 Å². The van der Waals surface area contributed by atoms with E-state index in [1.54, 1.807) is 12.1 Å². The first-order valence-corrected chi connectivity index (χ1v) is 15.4. The molecule has 0 bridgehead atoms. The number of aromatic nitrogens is 3. The van der Waals surface area contributed by atoms with Gasteiger partial charge in [-0.1, -0.05) is 38.6 Å². The number of anilines is 3. The second kappa shape index (κ2) is 13.3. The van der Waals surface area contributed by atoms with Crippen molar-refractivity contribution < 1.29 is 27.5 Å². The molecule has 10 nitrogen and oxygen atoms in total. The number of amidine groups is 1. The zero-order valence-electron chi connectivity index (χ0n) is 25.8. The first-order chi connectivity index (χ1) is 21.8. The lowest BCUT2D eigenvalue weighted by Crippen LogP contribution is -2.31. The number of ether oxygens (including phenoxy) is 1. The number of nitrogens with one attached hydrogen (secondary N) is 1. The third kappa shape index (κ3) is 7.33. The fourth-order valence-electron chi connectivity index (χ4n) is 4.87. The molecule has 46 heavy (non-hydrogen) atoms. The summed E-state index contributed by atoms with van der Waals surface area (Å²) in [5, 5.41) is 7.62. The zero-order valence-corrected chi connectivity index (χ0v) is 26.6. The van der Waals surface area contributed by atoms with Gasteiger partial charge in [-0.3, -0.25) is 9.69 Å². The van der Waals surface area contributed by atoms with Gasteiger partial charge in [-0.2, -0.15) is 4.99 Å². The first kappa shape index (κ1) is 32.5. The van der Waals surface area contributed by atoms with Crippen molar-refractivity contribution in [3.63, 3.8) is 0 Å². The predicted molar refractivity (Wildman–Crippen MR) is 174 cm³/mol. The van der Waals surface area contributed by atoms with Crippen LogP contribution in [0.15, 0.2) is 72.0 Å². The molecule has 240 valence electrons. The van der Waals surface area contributed by atoms with Gasteiger partial charge in [-0.15, -0.1) is 18.3 Å². The Kier molecular flexibility index (Phi) is 9.37. The Labute approximate surface area is 268 Å². The molecule has 1 N–H and O–H groups in total. The van der Waals surface area contributed by atoms with Crippen LogP contribution in [0.1, 0.15) is 37.8 Å². The van der Waals surface area contributed by atoms with Crippen molar-refractivity contribution in [2.75, 3.05) is 35.0 Å². The normalized spacial score (nSPS) is 14.3. The number of carbonyl (C=O) groups excluding carboxylic acids is 2. The SMILES string of the molecule is CCc1cc(-c2ncn(-c3ccc(OC(F)(F)F)cc3)n2)ccc1NC(=O)/N=C1\SCC(=O)N1c1cc(N(C)C)ccc1C(C)C. The van der Waals surface area contributed by atoms with Crippen LogP contribution in [0.5, 0.6) is 5.75 Å². The monoisotopic (exact) mass is 651 g/mol. The molecule has 0 saturated carbocycles. The van der Waals surface area contributed by atoms with Crippen LogP contribution in [0.3, 0.4) is 0 Å². The van der Waals surface area contributed by atoms with E-state index in [0.717, 1.165) is 16.8 Å². The largest absolute Gasteiger partial charge is 0.573 e.